The molecule has 3 aromatic rings. The quantitative estimate of drug-likeness (QED) is 0.341. The number of urea groups is 1. The molecule has 1 saturated carbocycles. The first-order chi connectivity index (χ1) is 19.0. The lowest BCUT2D eigenvalue weighted by atomic mass is 9.93. The Kier molecular flexibility index (Phi) is 8.86. The molecule has 212 valence electrons. The topological polar surface area (TPSA) is 127 Å². The number of Topliss-reactive ketones (excluding diaryl/α,β-unsaturated/α-hetero) is 1. The van der Waals surface area contributed by atoms with Gasteiger partial charge >= 0.3 is 6.03 Å². The van der Waals surface area contributed by atoms with Crippen LogP contribution >= 0.6 is 0 Å². The normalized spacial score (nSPS) is 16.8. The summed E-state index contributed by atoms with van der Waals surface area (Å²) < 4.78 is 11.3. The van der Waals surface area contributed by atoms with E-state index >= 15 is 0 Å². The summed E-state index contributed by atoms with van der Waals surface area (Å²) in [5.74, 6) is 1.98. The molecule has 2 aromatic heterocycles. The van der Waals surface area contributed by atoms with Crippen LogP contribution in [-0.4, -0.2) is 53.0 Å². The predicted octanol–water partition coefficient (Wildman–Crippen LogP) is 5.46. The highest BCUT2D eigenvalue weighted by Crippen LogP contribution is 2.31. The number of nitrogens with zero attached hydrogens (tertiary/aromatic N) is 3. The number of aromatic nitrogens is 2. The summed E-state index contributed by atoms with van der Waals surface area (Å²) in [5, 5.41) is 9.27. The lowest BCUT2D eigenvalue weighted by molar-refractivity contribution is -0.129. The fraction of sp³-hybridized carbons (Fsp3) is 0.433. The summed E-state index contributed by atoms with van der Waals surface area (Å²) >= 11 is 0. The van der Waals surface area contributed by atoms with Gasteiger partial charge in [-0.3, -0.25) is 14.9 Å². The maximum Gasteiger partial charge on any atom is 0.324 e. The molecule has 2 atom stereocenters. The molecule has 4 rings (SSSR count). The molecule has 2 N–H and O–H groups in total. The molecule has 0 saturated heterocycles. The number of ketones is 1. The Bertz CT molecular complexity index is 1330. The summed E-state index contributed by atoms with van der Waals surface area (Å²) in [6.07, 6.45) is 5.06. The van der Waals surface area contributed by atoms with Crippen molar-refractivity contribution in [3.63, 3.8) is 0 Å². The zero-order valence-electron chi connectivity index (χ0n) is 23.7. The van der Waals surface area contributed by atoms with Gasteiger partial charge in [0.05, 0.1) is 12.3 Å². The minimum atomic E-state index is -0.445. The van der Waals surface area contributed by atoms with Crippen LogP contribution in [0.4, 0.5) is 16.3 Å². The van der Waals surface area contributed by atoms with Crippen molar-refractivity contribution in [3.05, 3.63) is 65.7 Å². The van der Waals surface area contributed by atoms with Crippen LogP contribution in [0.3, 0.4) is 0 Å². The number of nitrogens with one attached hydrogen (secondary N) is 2. The van der Waals surface area contributed by atoms with Crippen molar-refractivity contribution in [2.45, 2.75) is 64.4 Å². The van der Waals surface area contributed by atoms with Gasteiger partial charge in [0.15, 0.2) is 11.6 Å². The van der Waals surface area contributed by atoms with E-state index in [9.17, 15) is 14.4 Å². The first kappa shape index (κ1) is 28.8. The highest BCUT2D eigenvalue weighted by molar-refractivity contribution is 5.99. The summed E-state index contributed by atoms with van der Waals surface area (Å²) in [4.78, 5) is 43.0. The molecule has 0 aliphatic heterocycles. The van der Waals surface area contributed by atoms with Crippen molar-refractivity contribution in [1.29, 1.82) is 0 Å². The lowest BCUT2D eigenvalue weighted by Gasteiger charge is -2.16. The number of ether oxygens (including phenoxy) is 1. The van der Waals surface area contributed by atoms with E-state index in [2.05, 4.69) is 20.8 Å². The number of rotatable bonds is 9. The number of carbonyl (C=O) groups is 3. The summed E-state index contributed by atoms with van der Waals surface area (Å²) in [6.45, 7) is 5.98. The molecule has 2 unspecified atom stereocenters. The smallest absolute Gasteiger partial charge is 0.324 e. The Hall–Kier alpha value is -4.21. The third-order valence-electron chi connectivity index (χ3n) is 6.85. The molecular formula is C30H37N5O5. The molecule has 10 nitrogen and oxygen atoms in total. The van der Waals surface area contributed by atoms with Gasteiger partial charge in [-0.25, -0.2) is 9.78 Å². The van der Waals surface area contributed by atoms with Gasteiger partial charge < -0.3 is 19.5 Å². The van der Waals surface area contributed by atoms with Crippen LogP contribution in [0.5, 0.6) is 5.75 Å². The summed E-state index contributed by atoms with van der Waals surface area (Å²) in [7, 11) is 3.55. The van der Waals surface area contributed by atoms with E-state index in [0.717, 1.165) is 24.8 Å². The molecule has 0 radical (unpaired) electrons. The van der Waals surface area contributed by atoms with Crippen LogP contribution in [0.2, 0.25) is 0 Å². The average molecular weight is 548 g/mol. The standard InChI is InChI=1S/C30H37N5O5/c1-30(2,3)26-17-27(34-40-26)33-29(38)32-21-9-6-19(7-10-21)15-25(36)24-13-12-23(18-31-24)39-22-11-8-20(14-22)16-28(37)35(4)5/h6-7,9-10,12-13,17-18,20,22H,8,11,14-16H2,1-5H3,(H2,32,33,34,38). The third-order valence-corrected chi connectivity index (χ3v) is 6.85. The van der Waals surface area contributed by atoms with E-state index in [1.165, 1.54) is 0 Å². The molecule has 40 heavy (non-hydrogen) atoms. The molecule has 1 aliphatic rings. The number of pyridine rings is 1. The number of hydrogen-bond donors (Lipinski definition) is 2. The van der Waals surface area contributed by atoms with Crippen molar-refractivity contribution in [3.8, 4) is 5.75 Å². The molecule has 1 aliphatic carbocycles. The predicted molar refractivity (Wildman–Crippen MR) is 152 cm³/mol. The highest BCUT2D eigenvalue weighted by atomic mass is 16.5. The second-order valence-electron chi connectivity index (χ2n) is 11.5. The molecule has 2 heterocycles. The first-order valence-electron chi connectivity index (χ1n) is 13.5. The molecule has 1 aromatic carbocycles. The Labute approximate surface area is 234 Å². The van der Waals surface area contributed by atoms with Crippen molar-refractivity contribution >= 4 is 29.2 Å². The first-order valence-corrected chi connectivity index (χ1v) is 13.5. The zero-order valence-corrected chi connectivity index (χ0v) is 23.7. The van der Waals surface area contributed by atoms with Crippen LogP contribution in [-0.2, 0) is 16.6 Å². The van der Waals surface area contributed by atoms with Crippen LogP contribution < -0.4 is 15.4 Å². The Morgan fingerprint density at radius 1 is 1.05 bits per heavy atom. The largest absolute Gasteiger partial charge is 0.489 e. The van der Waals surface area contributed by atoms with Gasteiger partial charge in [0.2, 0.25) is 5.91 Å². The number of anilines is 2. The monoisotopic (exact) mass is 547 g/mol. The van der Waals surface area contributed by atoms with Gasteiger partial charge in [0.1, 0.15) is 17.2 Å². The van der Waals surface area contributed by atoms with Crippen LogP contribution in [0.25, 0.3) is 0 Å². The minimum absolute atomic E-state index is 0.0504. The van der Waals surface area contributed by atoms with Gasteiger partial charge in [-0.1, -0.05) is 38.1 Å². The van der Waals surface area contributed by atoms with Gasteiger partial charge in [0, 0.05) is 44.1 Å². The SMILES string of the molecule is CN(C)C(=O)CC1CCC(Oc2ccc(C(=O)Cc3ccc(NC(=O)Nc4cc(C(C)(C)C)on4)cc3)nc2)C1. The number of benzene rings is 1. The second-order valence-corrected chi connectivity index (χ2v) is 11.5. The van der Waals surface area contributed by atoms with Crippen LogP contribution in [0.1, 0.15) is 68.3 Å². The van der Waals surface area contributed by atoms with E-state index < -0.39 is 6.03 Å². The number of carbonyl (C=O) groups excluding carboxylic acids is 3. The van der Waals surface area contributed by atoms with Crippen molar-refractivity contribution in [2.24, 2.45) is 5.92 Å². The summed E-state index contributed by atoms with van der Waals surface area (Å²) in [6, 6.07) is 11.7. The number of amides is 3. The minimum Gasteiger partial charge on any atom is -0.489 e. The molecule has 0 bridgehead atoms. The molecule has 1 fully saturated rings. The van der Waals surface area contributed by atoms with E-state index in [0.29, 0.717) is 41.0 Å². The average Bonchev–Trinajstić information content (AvgIpc) is 3.55. The second kappa shape index (κ2) is 12.3. The molecule has 3 amide bonds. The van der Waals surface area contributed by atoms with E-state index in [-0.39, 0.29) is 29.6 Å². The van der Waals surface area contributed by atoms with Gasteiger partial charge in [-0.15, -0.1) is 0 Å². The van der Waals surface area contributed by atoms with Gasteiger partial charge in [-0.05, 0) is 55.0 Å². The van der Waals surface area contributed by atoms with Crippen LogP contribution in [0, 0.1) is 5.92 Å². The fourth-order valence-corrected chi connectivity index (χ4v) is 4.51. The van der Waals surface area contributed by atoms with E-state index in [1.807, 2.05) is 20.8 Å². The maximum absolute atomic E-state index is 12.8. The van der Waals surface area contributed by atoms with E-state index in [1.54, 1.807) is 67.7 Å². The highest BCUT2D eigenvalue weighted by Gasteiger charge is 2.28. The van der Waals surface area contributed by atoms with E-state index in [4.69, 9.17) is 9.26 Å². The van der Waals surface area contributed by atoms with Gasteiger partial charge in [0.25, 0.3) is 0 Å². The zero-order chi connectivity index (χ0) is 28.9. The van der Waals surface area contributed by atoms with Crippen molar-refractivity contribution in [1.82, 2.24) is 15.0 Å². The molecule has 0 spiro atoms. The third kappa shape index (κ3) is 7.91. The van der Waals surface area contributed by atoms with Crippen LogP contribution in [0.15, 0.2) is 53.2 Å². The maximum atomic E-state index is 12.8. The van der Waals surface area contributed by atoms with Crippen molar-refractivity contribution < 1.29 is 23.6 Å². The van der Waals surface area contributed by atoms with Crippen molar-refractivity contribution in [2.75, 3.05) is 24.7 Å². The van der Waals surface area contributed by atoms with Gasteiger partial charge in [-0.2, -0.15) is 0 Å². The fourth-order valence-electron chi connectivity index (χ4n) is 4.51. The Morgan fingerprint density at radius 3 is 2.42 bits per heavy atom. The number of hydrogen-bond acceptors (Lipinski definition) is 7. The Balaban J connectivity index is 1.23. The molecular weight excluding hydrogens is 510 g/mol. The summed E-state index contributed by atoms with van der Waals surface area (Å²) in [5.41, 5.74) is 1.52. The lowest BCUT2D eigenvalue weighted by Crippen LogP contribution is -2.24. The Morgan fingerprint density at radius 2 is 1.80 bits per heavy atom. The molecule has 10 heteroatoms.